The van der Waals surface area contributed by atoms with Gasteiger partial charge in [0.1, 0.15) is 5.82 Å². The summed E-state index contributed by atoms with van der Waals surface area (Å²) in [5.41, 5.74) is 0.0194. The Labute approximate surface area is 85.6 Å². The van der Waals surface area contributed by atoms with Crippen LogP contribution < -0.4 is 4.90 Å². The van der Waals surface area contributed by atoms with Crippen LogP contribution in [0.2, 0.25) is 0 Å². The molecule has 1 aromatic heterocycles. The molecule has 0 saturated heterocycles. The molecule has 0 radical (unpaired) electrons. The molecule has 0 fully saturated rings. The van der Waals surface area contributed by atoms with Crippen LogP contribution in [-0.2, 0) is 4.74 Å². The first-order valence-corrected chi connectivity index (χ1v) is 3.42. The molecule has 13 heavy (non-hydrogen) atoms. The molecule has 1 rings (SSSR count). The molecule has 0 N–H and O–H groups in total. The number of carbonyl (C=O) groups excluding carboxylic acids is 1. The summed E-state index contributed by atoms with van der Waals surface area (Å²) in [6.07, 6.45) is 1.14. The minimum absolute atomic E-state index is 0.0194. The zero-order chi connectivity index (χ0) is 14.8. The first kappa shape index (κ1) is 4.09. The molecular formula is C9H12N2O2. The van der Waals surface area contributed by atoms with Gasteiger partial charge in [-0.3, -0.25) is 0 Å². The Morgan fingerprint density at radius 3 is 3.08 bits per heavy atom. The molecule has 70 valence electrons. The van der Waals surface area contributed by atoms with Crippen LogP contribution in [0.3, 0.4) is 0 Å². The fraction of sp³-hybridized carbons (Fsp3) is 0.333. The first-order chi connectivity index (χ1) is 8.57. The van der Waals surface area contributed by atoms with E-state index in [4.69, 9.17) is 8.22 Å². The number of hydrogen-bond acceptors (Lipinski definition) is 4. The van der Waals surface area contributed by atoms with Crippen LogP contribution in [0.15, 0.2) is 18.3 Å². The van der Waals surface area contributed by atoms with E-state index < -0.39 is 19.9 Å². The minimum atomic E-state index is -2.91. The van der Waals surface area contributed by atoms with E-state index >= 15 is 0 Å². The Morgan fingerprint density at radius 2 is 2.46 bits per heavy atom. The van der Waals surface area contributed by atoms with Crippen molar-refractivity contribution in [2.45, 2.75) is 0 Å². The summed E-state index contributed by atoms with van der Waals surface area (Å²) in [6, 6.07) is 2.36. The van der Waals surface area contributed by atoms with Crippen LogP contribution in [0, 0.1) is 0 Å². The molecule has 0 aliphatic carbocycles. The van der Waals surface area contributed by atoms with Crippen molar-refractivity contribution in [1.29, 1.82) is 0 Å². The second-order valence-corrected chi connectivity index (χ2v) is 2.23. The maximum atomic E-state index is 11.3. The van der Waals surface area contributed by atoms with E-state index in [1.54, 1.807) is 0 Å². The van der Waals surface area contributed by atoms with Gasteiger partial charge in [-0.2, -0.15) is 0 Å². The fourth-order valence-corrected chi connectivity index (χ4v) is 0.786. The lowest BCUT2D eigenvalue weighted by atomic mass is 10.2. The molecule has 0 aromatic carbocycles. The highest BCUT2D eigenvalue weighted by molar-refractivity contribution is 5.89. The summed E-state index contributed by atoms with van der Waals surface area (Å²) in [5.74, 6) is -1.05. The molecule has 0 spiro atoms. The summed E-state index contributed by atoms with van der Waals surface area (Å²) < 4.78 is 48.0. The van der Waals surface area contributed by atoms with Gasteiger partial charge >= 0.3 is 5.97 Å². The smallest absolute Gasteiger partial charge is 0.338 e. The van der Waals surface area contributed by atoms with Gasteiger partial charge in [0.05, 0.1) is 12.7 Å². The molecular weight excluding hydrogens is 168 g/mol. The molecule has 0 aliphatic heterocycles. The summed E-state index contributed by atoms with van der Waals surface area (Å²) in [5, 5.41) is 0. The second kappa shape index (κ2) is 3.89. The van der Waals surface area contributed by atoms with Crippen LogP contribution in [0.1, 0.15) is 18.6 Å². The maximum absolute atomic E-state index is 11.3. The number of hydrogen-bond donors (Lipinski definition) is 0. The summed E-state index contributed by atoms with van der Waals surface area (Å²) in [7, 11) is 1.16. The van der Waals surface area contributed by atoms with Gasteiger partial charge in [0.15, 0.2) is 0 Å². The van der Waals surface area contributed by atoms with E-state index in [1.165, 1.54) is 6.07 Å². The number of nitrogens with zero attached hydrogens (tertiary/aromatic N) is 2. The van der Waals surface area contributed by atoms with Crippen LogP contribution in [-0.4, -0.2) is 32.0 Å². The third-order valence-corrected chi connectivity index (χ3v) is 1.40. The highest BCUT2D eigenvalue weighted by atomic mass is 16.5. The third kappa shape index (κ3) is 2.18. The van der Waals surface area contributed by atoms with E-state index in [2.05, 4.69) is 9.72 Å². The molecule has 0 amide bonds. The van der Waals surface area contributed by atoms with E-state index in [-0.39, 0.29) is 16.3 Å². The van der Waals surface area contributed by atoms with Gasteiger partial charge in [0, 0.05) is 28.4 Å². The van der Waals surface area contributed by atoms with E-state index in [0.717, 1.165) is 19.4 Å². The Morgan fingerprint density at radius 1 is 1.69 bits per heavy atom. The van der Waals surface area contributed by atoms with Gasteiger partial charge in [-0.25, -0.2) is 9.78 Å². The van der Waals surface area contributed by atoms with Crippen molar-refractivity contribution in [2.75, 3.05) is 26.0 Å². The number of rotatable bonds is 2. The highest BCUT2D eigenvalue weighted by Crippen LogP contribution is 2.09. The third-order valence-electron chi connectivity index (χ3n) is 1.40. The molecule has 4 heteroatoms. The summed E-state index contributed by atoms with van der Waals surface area (Å²) in [6.45, 7) is -5.82. The molecule has 4 nitrogen and oxygen atoms in total. The van der Waals surface area contributed by atoms with Crippen molar-refractivity contribution < 1.29 is 17.8 Å². The van der Waals surface area contributed by atoms with Gasteiger partial charge in [0.2, 0.25) is 0 Å². The Hall–Kier alpha value is -1.58. The molecule has 0 bridgehead atoms. The van der Waals surface area contributed by atoms with Crippen LogP contribution in [0.4, 0.5) is 5.82 Å². The lowest BCUT2D eigenvalue weighted by Gasteiger charge is -2.11. The number of ether oxygens (including phenoxy) is 1. The van der Waals surface area contributed by atoms with Crippen molar-refractivity contribution in [3.8, 4) is 0 Å². The first-order valence-electron chi connectivity index (χ1n) is 6.42. The Bertz CT molecular complexity index is 457. The van der Waals surface area contributed by atoms with Crippen molar-refractivity contribution in [2.24, 2.45) is 0 Å². The standard InChI is InChI=1S/C9H12N2O2/c1-11(2)8-6-7(4-5-10-8)9(12)13-3/h4-6H,1-3H3/i1D3,2D3. The summed E-state index contributed by atoms with van der Waals surface area (Å²) in [4.78, 5) is 15.2. The Kier molecular flexibility index (Phi) is 1.22. The maximum Gasteiger partial charge on any atom is 0.338 e. The average Bonchev–Trinajstić information content (AvgIpc) is 2.24. The van der Waals surface area contributed by atoms with Gasteiger partial charge in [-0.15, -0.1) is 0 Å². The van der Waals surface area contributed by atoms with Gasteiger partial charge in [-0.1, -0.05) is 0 Å². The van der Waals surface area contributed by atoms with Gasteiger partial charge in [0.25, 0.3) is 0 Å². The van der Waals surface area contributed by atoms with Crippen LogP contribution in [0.25, 0.3) is 0 Å². The zero-order valence-electron chi connectivity index (χ0n) is 12.9. The Balaban J connectivity index is 3.29. The molecule has 0 aliphatic rings. The van der Waals surface area contributed by atoms with Gasteiger partial charge < -0.3 is 9.64 Å². The lowest BCUT2D eigenvalue weighted by molar-refractivity contribution is 0.0600. The van der Waals surface area contributed by atoms with E-state index in [1.807, 2.05) is 0 Å². The zero-order valence-corrected chi connectivity index (χ0v) is 6.94. The summed E-state index contributed by atoms with van der Waals surface area (Å²) >= 11 is 0. The quantitative estimate of drug-likeness (QED) is 0.644. The van der Waals surface area contributed by atoms with Crippen molar-refractivity contribution >= 4 is 11.8 Å². The number of methoxy groups -OCH3 is 1. The number of pyridine rings is 1. The largest absolute Gasteiger partial charge is 0.465 e. The number of carbonyl (C=O) groups is 1. The predicted molar refractivity (Wildman–Crippen MR) is 49.9 cm³/mol. The SMILES string of the molecule is [2H]C([2H])([2H])N(c1cc(C(=O)OC)ccn1)C([2H])([2H])[2H]. The molecule has 1 heterocycles. The van der Waals surface area contributed by atoms with E-state index in [9.17, 15) is 4.79 Å². The second-order valence-electron chi connectivity index (χ2n) is 2.23. The molecule has 0 saturated carbocycles. The number of aromatic nitrogens is 1. The lowest BCUT2D eigenvalue weighted by Crippen LogP contribution is -2.12. The molecule has 1 aromatic rings. The van der Waals surface area contributed by atoms with Crippen molar-refractivity contribution in [3.63, 3.8) is 0 Å². The van der Waals surface area contributed by atoms with Crippen LogP contribution >= 0.6 is 0 Å². The molecule has 0 atom stereocenters. The van der Waals surface area contributed by atoms with Crippen LogP contribution in [0.5, 0.6) is 0 Å². The topological polar surface area (TPSA) is 42.4 Å². The predicted octanol–water partition coefficient (Wildman–Crippen LogP) is 0.934. The number of esters is 1. The van der Waals surface area contributed by atoms with Crippen molar-refractivity contribution in [3.05, 3.63) is 23.9 Å². The van der Waals surface area contributed by atoms with Crippen molar-refractivity contribution in [1.82, 2.24) is 4.98 Å². The monoisotopic (exact) mass is 186 g/mol. The fourth-order valence-electron chi connectivity index (χ4n) is 0.786. The molecule has 0 unspecified atom stereocenters. The highest BCUT2D eigenvalue weighted by Gasteiger charge is 2.06. The minimum Gasteiger partial charge on any atom is -0.465 e. The average molecular weight is 186 g/mol. The van der Waals surface area contributed by atoms with E-state index in [0.29, 0.717) is 0 Å². The normalized spacial score (nSPS) is 18.2. The number of anilines is 1. The van der Waals surface area contributed by atoms with Gasteiger partial charge in [-0.05, 0) is 12.1 Å².